The summed E-state index contributed by atoms with van der Waals surface area (Å²) >= 11 is 7.41. The van der Waals surface area contributed by atoms with Gasteiger partial charge >= 0.3 is 0 Å². The quantitative estimate of drug-likeness (QED) is 0.111. The number of thioether (sulfide) groups is 1. The van der Waals surface area contributed by atoms with Crippen LogP contribution in [0.1, 0.15) is 12.5 Å². The molecule has 0 aliphatic heterocycles. The summed E-state index contributed by atoms with van der Waals surface area (Å²) in [6.07, 6.45) is 1.66. The fraction of sp³-hybridized carbons (Fsp3) is 0.125. The first-order valence-electron chi connectivity index (χ1n) is 13.4. The summed E-state index contributed by atoms with van der Waals surface area (Å²) in [7, 11) is 1.62. The number of fused-ring (bicyclic) bond motifs is 3. The van der Waals surface area contributed by atoms with Gasteiger partial charge in [-0.2, -0.15) is 5.10 Å². The Morgan fingerprint density at radius 3 is 2.50 bits per heavy atom. The van der Waals surface area contributed by atoms with Crippen molar-refractivity contribution in [2.24, 2.45) is 5.10 Å². The zero-order valence-corrected chi connectivity index (χ0v) is 24.6. The van der Waals surface area contributed by atoms with E-state index in [1.165, 1.54) is 28.2 Å². The minimum absolute atomic E-state index is 0.106. The molecule has 0 fully saturated rings. The van der Waals surface area contributed by atoms with Gasteiger partial charge in [0.25, 0.3) is 5.91 Å². The number of aryl methyl sites for hydroxylation is 1. The van der Waals surface area contributed by atoms with Crippen LogP contribution in [0, 0.1) is 0 Å². The van der Waals surface area contributed by atoms with Crippen LogP contribution in [0.3, 0.4) is 0 Å². The monoisotopic (exact) mass is 594 g/mol. The molecule has 0 aliphatic carbocycles. The molecule has 1 amide bonds. The number of methoxy groups -OCH3 is 1. The van der Waals surface area contributed by atoms with Crippen LogP contribution in [0.4, 0.5) is 0 Å². The van der Waals surface area contributed by atoms with E-state index in [9.17, 15) is 4.79 Å². The maximum atomic E-state index is 12.7. The fourth-order valence-corrected chi connectivity index (χ4v) is 5.82. The number of nitrogens with one attached hydrogen (secondary N) is 1. The van der Waals surface area contributed by atoms with Crippen molar-refractivity contribution in [3.05, 3.63) is 102 Å². The molecule has 0 radical (unpaired) electrons. The van der Waals surface area contributed by atoms with E-state index in [0.717, 1.165) is 34.5 Å². The molecule has 210 valence electrons. The highest BCUT2D eigenvalue weighted by Gasteiger charge is 2.18. The number of rotatable bonds is 9. The summed E-state index contributed by atoms with van der Waals surface area (Å²) in [6, 6.07) is 29.6. The zero-order chi connectivity index (χ0) is 29.1. The Balaban J connectivity index is 1.18. The fourth-order valence-electron chi connectivity index (χ4n) is 4.95. The predicted molar refractivity (Wildman–Crippen MR) is 170 cm³/mol. The third kappa shape index (κ3) is 5.48. The molecule has 0 saturated heterocycles. The van der Waals surface area contributed by atoms with Crippen molar-refractivity contribution in [2.75, 3.05) is 12.9 Å². The normalized spacial score (nSPS) is 11.5. The molecule has 2 heterocycles. The minimum atomic E-state index is -0.253. The van der Waals surface area contributed by atoms with Crippen molar-refractivity contribution in [1.82, 2.24) is 24.8 Å². The van der Waals surface area contributed by atoms with Crippen molar-refractivity contribution in [3.8, 4) is 22.8 Å². The number of carbonyl (C=O) groups excluding carboxylic acids is 1. The average molecular weight is 595 g/mol. The second kappa shape index (κ2) is 12.1. The van der Waals surface area contributed by atoms with Gasteiger partial charge in [0.05, 0.1) is 19.1 Å². The topological polar surface area (TPSA) is 86.3 Å². The third-order valence-corrected chi connectivity index (χ3v) is 8.10. The highest BCUT2D eigenvalue weighted by Crippen LogP contribution is 2.31. The van der Waals surface area contributed by atoms with Crippen molar-refractivity contribution in [1.29, 1.82) is 0 Å². The van der Waals surface area contributed by atoms with E-state index in [0.29, 0.717) is 16.0 Å². The zero-order valence-electron chi connectivity index (χ0n) is 23.0. The van der Waals surface area contributed by atoms with Gasteiger partial charge in [-0.15, -0.1) is 10.2 Å². The van der Waals surface area contributed by atoms with E-state index in [-0.39, 0.29) is 11.7 Å². The van der Waals surface area contributed by atoms with Crippen LogP contribution in [0.25, 0.3) is 38.9 Å². The van der Waals surface area contributed by atoms with Gasteiger partial charge in [0, 0.05) is 44.6 Å². The Morgan fingerprint density at radius 1 is 0.976 bits per heavy atom. The number of halogens is 1. The molecule has 0 bridgehead atoms. The number of nitrogens with zero attached hydrogens (tertiary/aromatic N) is 5. The molecular formula is C32H27ClN6O2S. The lowest BCUT2D eigenvalue weighted by molar-refractivity contribution is -0.118. The van der Waals surface area contributed by atoms with E-state index >= 15 is 0 Å². The number of amides is 1. The Labute approximate surface area is 252 Å². The molecule has 6 aromatic rings. The van der Waals surface area contributed by atoms with Crippen LogP contribution in [-0.2, 0) is 11.3 Å². The Hall–Kier alpha value is -4.60. The number of aromatic nitrogens is 4. The molecule has 0 unspecified atom stereocenters. The highest BCUT2D eigenvalue weighted by atomic mass is 35.5. The number of hydrogen-bond donors (Lipinski definition) is 1. The minimum Gasteiger partial charge on any atom is -0.497 e. The number of hydrogen-bond acceptors (Lipinski definition) is 6. The van der Waals surface area contributed by atoms with Gasteiger partial charge in [-0.05, 0) is 79.2 Å². The standard InChI is InChI=1S/C32H27ClN6O2S/c1-3-38-28-7-5-4-6-26(28)27-18-21(8-17-29(27)38)19-34-35-30(40)20-42-32-37-36-31(22-9-15-25(41-2)16-10-22)39(32)24-13-11-23(33)12-14-24/h4-19H,3,20H2,1-2H3,(H,35,40)/b34-19-. The van der Waals surface area contributed by atoms with Crippen molar-refractivity contribution in [3.63, 3.8) is 0 Å². The van der Waals surface area contributed by atoms with E-state index < -0.39 is 0 Å². The maximum Gasteiger partial charge on any atom is 0.250 e. The Morgan fingerprint density at radius 2 is 1.74 bits per heavy atom. The second-order valence-corrected chi connectivity index (χ2v) is 10.8. The van der Waals surface area contributed by atoms with Crippen LogP contribution < -0.4 is 10.2 Å². The van der Waals surface area contributed by atoms with E-state index in [1.54, 1.807) is 13.3 Å². The maximum absolute atomic E-state index is 12.7. The predicted octanol–water partition coefficient (Wildman–Crippen LogP) is 6.97. The van der Waals surface area contributed by atoms with Crippen LogP contribution in [0.5, 0.6) is 5.75 Å². The number of carbonyl (C=O) groups is 1. The summed E-state index contributed by atoms with van der Waals surface area (Å²) in [5.74, 6) is 1.24. The molecule has 10 heteroatoms. The van der Waals surface area contributed by atoms with Crippen LogP contribution in [0.2, 0.25) is 5.02 Å². The third-order valence-electron chi connectivity index (χ3n) is 6.91. The van der Waals surface area contributed by atoms with Gasteiger partial charge < -0.3 is 9.30 Å². The molecule has 42 heavy (non-hydrogen) atoms. The molecule has 0 aliphatic rings. The van der Waals surface area contributed by atoms with Crippen LogP contribution >= 0.6 is 23.4 Å². The van der Waals surface area contributed by atoms with Gasteiger partial charge in [-0.3, -0.25) is 9.36 Å². The van der Waals surface area contributed by atoms with E-state index in [1.807, 2.05) is 65.2 Å². The molecule has 8 nitrogen and oxygen atoms in total. The molecule has 1 N–H and O–H groups in total. The first-order valence-corrected chi connectivity index (χ1v) is 14.7. The lowest BCUT2D eigenvalue weighted by Gasteiger charge is -2.11. The molecule has 0 spiro atoms. The summed E-state index contributed by atoms with van der Waals surface area (Å²) < 4.78 is 9.49. The van der Waals surface area contributed by atoms with Crippen LogP contribution in [0.15, 0.2) is 101 Å². The molecule has 4 aromatic carbocycles. The van der Waals surface area contributed by atoms with Crippen LogP contribution in [-0.4, -0.2) is 44.3 Å². The van der Waals surface area contributed by atoms with Gasteiger partial charge in [-0.1, -0.05) is 47.6 Å². The number of benzene rings is 4. The largest absolute Gasteiger partial charge is 0.497 e. The summed E-state index contributed by atoms with van der Waals surface area (Å²) in [4.78, 5) is 12.7. The second-order valence-electron chi connectivity index (χ2n) is 9.47. The van der Waals surface area contributed by atoms with Gasteiger partial charge in [0.15, 0.2) is 11.0 Å². The molecule has 0 saturated carbocycles. The van der Waals surface area contributed by atoms with Gasteiger partial charge in [0.1, 0.15) is 5.75 Å². The van der Waals surface area contributed by atoms with E-state index in [2.05, 4.69) is 62.5 Å². The number of ether oxygens (including phenoxy) is 1. The first kappa shape index (κ1) is 27.6. The SMILES string of the molecule is CCn1c2ccccc2c2cc(/C=N\NC(=O)CSc3nnc(-c4ccc(OC)cc4)n3-c3ccc(Cl)cc3)ccc21. The number of hydrazone groups is 1. The molecule has 0 atom stereocenters. The van der Waals surface area contributed by atoms with E-state index in [4.69, 9.17) is 16.3 Å². The molecule has 2 aromatic heterocycles. The Kier molecular flexibility index (Phi) is 7.94. The molecular weight excluding hydrogens is 568 g/mol. The van der Waals surface area contributed by atoms with Gasteiger partial charge in [0.2, 0.25) is 0 Å². The lowest BCUT2D eigenvalue weighted by Crippen LogP contribution is -2.20. The molecule has 6 rings (SSSR count). The Bertz CT molecular complexity index is 1910. The summed E-state index contributed by atoms with van der Waals surface area (Å²) in [6.45, 7) is 3.03. The average Bonchev–Trinajstić information content (AvgIpc) is 3.59. The highest BCUT2D eigenvalue weighted by molar-refractivity contribution is 7.99. The van der Waals surface area contributed by atoms with Gasteiger partial charge in [-0.25, -0.2) is 5.43 Å². The smallest absolute Gasteiger partial charge is 0.250 e. The lowest BCUT2D eigenvalue weighted by atomic mass is 10.1. The van der Waals surface area contributed by atoms with Crippen molar-refractivity contribution < 1.29 is 9.53 Å². The summed E-state index contributed by atoms with van der Waals surface area (Å²) in [5.41, 5.74) is 7.61. The number of para-hydroxylation sites is 1. The van der Waals surface area contributed by atoms with Crippen molar-refractivity contribution in [2.45, 2.75) is 18.6 Å². The summed E-state index contributed by atoms with van der Waals surface area (Å²) in [5, 5.41) is 16.6. The first-order chi connectivity index (χ1) is 20.6. The van der Waals surface area contributed by atoms with Crippen molar-refractivity contribution >= 4 is 57.3 Å².